The Morgan fingerprint density at radius 2 is 1.71 bits per heavy atom. The lowest BCUT2D eigenvalue weighted by Crippen LogP contribution is -2.46. The number of amides is 2. The Balaban J connectivity index is 1.44. The lowest BCUT2D eigenvalue weighted by Gasteiger charge is -2.16. The Bertz CT molecular complexity index is 1030. The van der Waals surface area contributed by atoms with E-state index in [0.717, 1.165) is 16.1 Å². The van der Waals surface area contributed by atoms with Crippen LogP contribution in [-0.2, 0) is 10.2 Å². The third kappa shape index (κ3) is 3.41. The minimum Gasteiger partial charge on any atom is -0.272 e. The molecule has 2 amide bonds. The number of aromatic nitrogens is 1. The van der Waals surface area contributed by atoms with Gasteiger partial charge in [-0.15, -0.1) is 11.3 Å². The monoisotopic (exact) mass is 395 g/mol. The predicted octanol–water partition coefficient (Wildman–Crippen LogP) is 3.75. The van der Waals surface area contributed by atoms with E-state index in [1.54, 1.807) is 19.1 Å². The van der Waals surface area contributed by atoms with Crippen LogP contribution in [0.3, 0.4) is 0 Å². The zero-order valence-corrected chi connectivity index (χ0v) is 16.0. The fourth-order valence-electron chi connectivity index (χ4n) is 3.14. The Kier molecular flexibility index (Phi) is 4.68. The number of carbonyl (C=O) groups excluding carboxylic acids is 2. The summed E-state index contributed by atoms with van der Waals surface area (Å²) in [7, 11) is 0. The molecule has 0 radical (unpaired) electrons. The number of rotatable bonds is 4. The normalized spacial score (nSPS) is 14.4. The molecule has 2 N–H and O–H groups in total. The minimum atomic E-state index is -0.696. The molecule has 1 aliphatic carbocycles. The van der Waals surface area contributed by atoms with Crippen LogP contribution in [0.25, 0.3) is 10.6 Å². The van der Waals surface area contributed by atoms with Gasteiger partial charge in [-0.3, -0.25) is 20.4 Å². The van der Waals surface area contributed by atoms with E-state index >= 15 is 0 Å². The lowest BCUT2D eigenvalue weighted by molar-refractivity contribution is -0.124. The molecular formula is C21H18FN3O2S. The molecule has 1 aromatic heterocycles. The zero-order chi connectivity index (χ0) is 19.7. The van der Waals surface area contributed by atoms with Crippen molar-refractivity contribution in [3.8, 4) is 10.6 Å². The number of benzene rings is 2. The highest BCUT2D eigenvalue weighted by atomic mass is 32.1. The third-order valence-electron chi connectivity index (χ3n) is 4.89. The maximum atomic E-state index is 13.1. The van der Waals surface area contributed by atoms with Crippen LogP contribution < -0.4 is 10.9 Å². The van der Waals surface area contributed by atoms with Crippen LogP contribution in [0, 0.1) is 12.7 Å². The fraction of sp³-hybridized carbons (Fsp3) is 0.190. The zero-order valence-electron chi connectivity index (χ0n) is 15.2. The molecule has 0 unspecified atom stereocenters. The summed E-state index contributed by atoms with van der Waals surface area (Å²) in [5.74, 6) is -1.04. The third-order valence-corrected chi connectivity index (χ3v) is 6.10. The molecule has 28 heavy (non-hydrogen) atoms. The van der Waals surface area contributed by atoms with Gasteiger partial charge in [0.25, 0.3) is 5.91 Å². The molecule has 1 saturated carbocycles. The molecule has 0 spiro atoms. The molecule has 0 aliphatic heterocycles. The summed E-state index contributed by atoms with van der Waals surface area (Å²) in [5.41, 5.74) is 6.61. The van der Waals surface area contributed by atoms with E-state index in [4.69, 9.17) is 0 Å². The van der Waals surface area contributed by atoms with E-state index in [1.165, 1.54) is 23.5 Å². The van der Waals surface area contributed by atoms with Gasteiger partial charge in [0, 0.05) is 5.56 Å². The summed E-state index contributed by atoms with van der Waals surface area (Å²) in [6.07, 6.45) is 1.33. The standard InChI is InChI=1S/C21H18FN3O2S/c1-13-17(28-19(23-13)14-5-3-2-4-6-14)18(26)24-25-20(27)21(11-12-21)15-7-9-16(22)10-8-15/h2-10H,11-12H2,1H3,(H,24,26)(H,25,27). The van der Waals surface area contributed by atoms with Crippen molar-refractivity contribution in [2.24, 2.45) is 0 Å². The van der Waals surface area contributed by atoms with Gasteiger partial charge in [0.05, 0.1) is 11.1 Å². The average molecular weight is 395 g/mol. The summed E-state index contributed by atoms with van der Waals surface area (Å²) < 4.78 is 13.1. The van der Waals surface area contributed by atoms with Crippen molar-refractivity contribution in [2.45, 2.75) is 25.2 Å². The minimum absolute atomic E-state index is 0.294. The van der Waals surface area contributed by atoms with Crippen LogP contribution in [0.1, 0.15) is 33.8 Å². The van der Waals surface area contributed by atoms with Crippen molar-refractivity contribution >= 4 is 23.2 Å². The molecule has 0 saturated heterocycles. The topological polar surface area (TPSA) is 71.1 Å². The van der Waals surface area contributed by atoms with E-state index < -0.39 is 11.3 Å². The van der Waals surface area contributed by atoms with Gasteiger partial charge in [0.2, 0.25) is 5.91 Å². The first-order valence-corrected chi connectivity index (χ1v) is 9.71. The van der Waals surface area contributed by atoms with E-state index in [9.17, 15) is 14.0 Å². The van der Waals surface area contributed by atoms with Gasteiger partial charge in [-0.25, -0.2) is 9.37 Å². The second kappa shape index (κ2) is 7.16. The molecule has 4 rings (SSSR count). The number of hydrazine groups is 1. The van der Waals surface area contributed by atoms with Crippen molar-refractivity contribution < 1.29 is 14.0 Å². The Hall–Kier alpha value is -3.06. The summed E-state index contributed by atoms with van der Waals surface area (Å²) in [4.78, 5) is 30.1. The van der Waals surface area contributed by atoms with Gasteiger partial charge in [-0.1, -0.05) is 42.5 Å². The first-order chi connectivity index (χ1) is 13.5. The number of thiazole rings is 1. The van der Waals surface area contributed by atoms with Gasteiger partial charge >= 0.3 is 0 Å². The lowest BCUT2D eigenvalue weighted by atomic mass is 9.95. The maximum absolute atomic E-state index is 13.1. The van der Waals surface area contributed by atoms with Gasteiger partial charge < -0.3 is 0 Å². The molecular weight excluding hydrogens is 377 g/mol. The quantitative estimate of drug-likeness (QED) is 0.661. The maximum Gasteiger partial charge on any atom is 0.281 e. The molecule has 3 aromatic rings. The highest BCUT2D eigenvalue weighted by molar-refractivity contribution is 7.17. The average Bonchev–Trinajstić information content (AvgIpc) is 3.43. The highest BCUT2D eigenvalue weighted by Crippen LogP contribution is 2.48. The van der Waals surface area contributed by atoms with Crippen LogP contribution in [-0.4, -0.2) is 16.8 Å². The van der Waals surface area contributed by atoms with E-state index in [-0.39, 0.29) is 11.7 Å². The summed E-state index contributed by atoms with van der Waals surface area (Å²) in [6, 6.07) is 15.5. The van der Waals surface area contributed by atoms with Crippen LogP contribution in [0.2, 0.25) is 0 Å². The predicted molar refractivity (Wildman–Crippen MR) is 105 cm³/mol. The van der Waals surface area contributed by atoms with Gasteiger partial charge in [-0.2, -0.15) is 0 Å². The van der Waals surface area contributed by atoms with Crippen LogP contribution >= 0.6 is 11.3 Å². The largest absolute Gasteiger partial charge is 0.281 e. The van der Waals surface area contributed by atoms with Gasteiger partial charge in [0.15, 0.2) is 0 Å². The second-order valence-electron chi connectivity index (χ2n) is 6.80. The highest BCUT2D eigenvalue weighted by Gasteiger charge is 2.51. The van der Waals surface area contributed by atoms with Gasteiger partial charge in [-0.05, 0) is 37.5 Å². The number of nitrogens with one attached hydrogen (secondary N) is 2. The smallest absolute Gasteiger partial charge is 0.272 e. The number of hydrogen-bond acceptors (Lipinski definition) is 4. The van der Waals surface area contributed by atoms with E-state index in [2.05, 4.69) is 15.8 Å². The number of carbonyl (C=O) groups is 2. The van der Waals surface area contributed by atoms with Crippen molar-refractivity contribution in [3.05, 3.63) is 76.5 Å². The first kappa shape index (κ1) is 18.3. The van der Waals surface area contributed by atoms with Crippen molar-refractivity contribution in [3.63, 3.8) is 0 Å². The summed E-state index contributed by atoms with van der Waals surface area (Å²) in [6.45, 7) is 1.76. The van der Waals surface area contributed by atoms with E-state index in [1.807, 2.05) is 30.3 Å². The second-order valence-corrected chi connectivity index (χ2v) is 7.80. The van der Waals surface area contributed by atoms with Crippen LogP contribution in [0.5, 0.6) is 0 Å². The Morgan fingerprint density at radius 3 is 2.36 bits per heavy atom. The van der Waals surface area contributed by atoms with Crippen LogP contribution in [0.4, 0.5) is 4.39 Å². The number of aryl methyl sites for hydroxylation is 1. The summed E-state index contributed by atoms with van der Waals surface area (Å²) >= 11 is 1.28. The van der Waals surface area contributed by atoms with E-state index in [0.29, 0.717) is 23.4 Å². The number of hydrogen-bond donors (Lipinski definition) is 2. The fourth-order valence-corrected chi connectivity index (χ4v) is 4.11. The number of nitrogens with zero attached hydrogens (tertiary/aromatic N) is 1. The Morgan fingerprint density at radius 1 is 1.04 bits per heavy atom. The summed E-state index contributed by atoms with van der Waals surface area (Å²) in [5, 5.41) is 0.750. The molecule has 142 valence electrons. The molecule has 7 heteroatoms. The Labute approximate surface area is 165 Å². The molecule has 0 atom stereocenters. The van der Waals surface area contributed by atoms with Crippen molar-refractivity contribution in [2.75, 3.05) is 0 Å². The molecule has 2 aromatic carbocycles. The molecule has 1 heterocycles. The first-order valence-electron chi connectivity index (χ1n) is 8.89. The van der Waals surface area contributed by atoms with Gasteiger partial charge in [0.1, 0.15) is 15.7 Å². The SMILES string of the molecule is Cc1nc(-c2ccccc2)sc1C(=O)NNC(=O)C1(c2ccc(F)cc2)CC1. The van der Waals surface area contributed by atoms with Crippen molar-refractivity contribution in [1.29, 1.82) is 0 Å². The molecule has 1 fully saturated rings. The molecule has 0 bridgehead atoms. The molecule has 1 aliphatic rings. The van der Waals surface area contributed by atoms with Crippen molar-refractivity contribution in [1.82, 2.24) is 15.8 Å². The molecule has 5 nitrogen and oxygen atoms in total. The number of halogens is 1. The van der Waals surface area contributed by atoms with Crippen LogP contribution in [0.15, 0.2) is 54.6 Å².